The maximum atomic E-state index is 11.1. The molecule has 0 aliphatic rings. The molecule has 0 unspecified atom stereocenters. The Labute approximate surface area is 130 Å². The summed E-state index contributed by atoms with van der Waals surface area (Å²) in [6.45, 7) is 0. The van der Waals surface area contributed by atoms with Crippen molar-refractivity contribution in [3.8, 4) is 5.88 Å². The molecule has 0 saturated heterocycles. The van der Waals surface area contributed by atoms with E-state index in [0.29, 0.717) is 34.6 Å². The van der Waals surface area contributed by atoms with Gasteiger partial charge in [-0.05, 0) is 12.1 Å². The Morgan fingerprint density at radius 3 is 2.22 bits per heavy atom. The van der Waals surface area contributed by atoms with Gasteiger partial charge >= 0.3 is 11.9 Å². The molecular formula is C14H13N3O6. The summed E-state index contributed by atoms with van der Waals surface area (Å²) in [7, 11) is 1.51. The van der Waals surface area contributed by atoms with Crippen LogP contribution in [0.5, 0.6) is 5.88 Å². The molecule has 0 spiro atoms. The zero-order chi connectivity index (χ0) is 17.4. The van der Waals surface area contributed by atoms with Gasteiger partial charge in [-0.1, -0.05) is 0 Å². The lowest BCUT2D eigenvalue weighted by Gasteiger charge is -2.03. The number of carbonyl (C=O) groups is 3. The second-order valence-electron chi connectivity index (χ2n) is 3.95. The lowest BCUT2D eigenvalue weighted by molar-refractivity contribution is -0.134. The molecule has 1 amide bonds. The number of nitrogens with two attached hydrogens (primary N) is 1. The SMILES string of the molecule is COc1ccc2nccc(C(N)=O)c2n1.O=C(O)/C=C/C(=O)O. The van der Waals surface area contributed by atoms with Crippen LogP contribution in [0.1, 0.15) is 10.4 Å². The summed E-state index contributed by atoms with van der Waals surface area (Å²) in [6, 6.07) is 4.95. The number of hydrogen-bond acceptors (Lipinski definition) is 6. The number of primary amides is 1. The molecule has 4 N–H and O–H groups in total. The van der Waals surface area contributed by atoms with Crippen LogP contribution in [0.3, 0.4) is 0 Å². The van der Waals surface area contributed by atoms with Gasteiger partial charge in [-0.15, -0.1) is 0 Å². The van der Waals surface area contributed by atoms with E-state index >= 15 is 0 Å². The molecule has 2 aromatic heterocycles. The maximum Gasteiger partial charge on any atom is 0.328 e. The number of ether oxygens (including phenoxy) is 1. The second kappa shape index (κ2) is 8.08. The van der Waals surface area contributed by atoms with Crippen molar-refractivity contribution in [1.82, 2.24) is 9.97 Å². The topological polar surface area (TPSA) is 153 Å². The predicted octanol–water partition coefficient (Wildman–Crippen LogP) is 0.449. The van der Waals surface area contributed by atoms with Gasteiger partial charge in [0.25, 0.3) is 5.91 Å². The van der Waals surface area contributed by atoms with Gasteiger partial charge < -0.3 is 20.7 Å². The fourth-order valence-corrected chi connectivity index (χ4v) is 1.46. The van der Waals surface area contributed by atoms with E-state index in [1.807, 2.05) is 0 Å². The van der Waals surface area contributed by atoms with Gasteiger partial charge in [-0.25, -0.2) is 14.6 Å². The van der Waals surface area contributed by atoms with Crippen molar-refractivity contribution in [2.75, 3.05) is 7.11 Å². The minimum atomic E-state index is -1.26. The average molecular weight is 319 g/mol. The van der Waals surface area contributed by atoms with Crippen LogP contribution in [0.15, 0.2) is 36.5 Å². The van der Waals surface area contributed by atoms with Gasteiger partial charge in [0, 0.05) is 24.4 Å². The molecule has 2 heterocycles. The molecule has 0 radical (unpaired) electrons. The van der Waals surface area contributed by atoms with Crippen LogP contribution >= 0.6 is 0 Å². The number of amides is 1. The largest absolute Gasteiger partial charge is 0.481 e. The summed E-state index contributed by atoms with van der Waals surface area (Å²) in [5, 5.41) is 15.6. The van der Waals surface area contributed by atoms with E-state index in [1.54, 1.807) is 12.1 Å². The first-order valence-electron chi connectivity index (χ1n) is 6.08. The van der Waals surface area contributed by atoms with Crippen LogP contribution < -0.4 is 10.5 Å². The van der Waals surface area contributed by atoms with Crippen molar-refractivity contribution in [2.45, 2.75) is 0 Å². The minimum absolute atomic E-state index is 0.346. The van der Waals surface area contributed by atoms with Crippen molar-refractivity contribution in [3.05, 3.63) is 42.1 Å². The highest BCUT2D eigenvalue weighted by Crippen LogP contribution is 2.17. The normalized spacial score (nSPS) is 9.96. The van der Waals surface area contributed by atoms with Gasteiger partial charge in [-0.3, -0.25) is 9.78 Å². The van der Waals surface area contributed by atoms with Gasteiger partial charge in [0.2, 0.25) is 5.88 Å². The Morgan fingerprint density at radius 2 is 1.74 bits per heavy atom. The molecule has 0 aliphatic carbocycles. The molecule has 0 saturated carbocycles. The number of aromatic nitrogens is 2. The van der Waals surface area contributed by atoms with E-state index in [1.165, 1.54) is 19.4 Å². The van der Waals surface area contributed by atoms with Crippen molar-refractivity contribution in [1.29, 1.82) is 0 Å². The van der Waals surface area contributed by atoms with E-state index in [0.717, 1.165) is 0 Å². The van der Waals surface area contributed by atoms with Gasteiger partial charge in [0.05, 0.1) is 18.2 Å². The Balaban J connectivity index is 0.000000284. The summed E-state index contributed by atoms with van der Waals surface area (Å²) in [5.41, 5.74) is 6.65. The van der Waals surface area contributed by atoms with Crippen LogP contribution in [0.25, 0.3) is 11.0 Å². The molecule has 23 heavy (non-hydrogen) atoms. The third kappa shape index (κ3) is 5.42. The molecule has 2 aromatic rings. The third-order valence-corrected chi connectivity index (χ3v) is 2.40. The van der Waals surface area contributed by atoms with Crippen LogP contribution in [0.4, 0.5) is 0 Å². The van der Waals surface area contributed by atoms with Crippen molar-refractivity contribution in [3.63, 3.8) is 0 Å². The zero-order valence-corrected chi connectivity index (χ0v) is 12.0. The first-order valence-corrected chi connectivity index (χ1v) is 6.08. The lowest BCUT2D eigenvalue weighted by Crippen LogP contribution is -2.12. The highest BCUT2D eigenvalue weighted by atomic mass is 16.5. The van der Waals surface area contributed by atoms with E-state index in [9.17, 15) is 14.4 Å². The van der Waals surface area contributed by atoms with Crippen molar-refractivity contribution < 1.29 is 29.3 Å². The fourth-order valence-electron chi connectivity index (χ4n) is 1.46. The Kier molecular flexibility index (Phi) is 6.17. The van der Waals surface area contributed by atoms with Crippen LogP contribution in [-0.2, 0) is 9.59 Å². The average Bonchev–Trinajstić information content (AvgIpc) is 2.52. The van der Waals surface area contributed by atoms with Crippen LogP contribution in [-0.4, -0.2) is 45.1 Å². The molecule has 0 atom stereocenters. The molecule has 0 aromatic carbocycles. The van der Waals surface area contributed by atoms with Gasteiger partial charge in [0.1, 0.15) is 5.52 Å². The van der Waals surface area contributed by atoms with Crippen LogP contribution in [0, 0.1) is 0 Å². The summed E-state index contributed by atoms with van der Waals surface area (Å²) < 4.78 is 4.97. The summed E-state index contributed by atoms with van der Waals surface area (Å²) in [5.74, 6) is -2.61. The number of carbonyl (C=O) groups excluding carboxylic acids is 1. The molecule has 9 nitrogen and oxygen atoms in total. The van der Waals surface area contributed by atoms with Crippen molar-refractivity contribution >= 4 is 28.9 Å². The highest BCUT2D eigenvalue weighted by Gasteiger charge is 2.09. The first-order chi connectivity index (χ1) is 10.8. The predicted molar refractivity (Wildman–Crippen MR) is 79.0 cm³/mol. The summed E-state index contributed by atoms with van der Waals surface area (Å²) in [6.07, 6.45) is 2.64. The molecule has 120 valence electrons. The Bertz CT molecular complexity index is 756. The monoisotopic (exact) mass is 319 g/mol. The number of aliphatic carboxylic acids is 2. The second-order valence-corrected chi connectivity index (χ2v) is 3.95. The Morgan fingerprint density at radius 1 is 1.13 bits per heavy atom. The molecule has 2 rings (SSSR count). The molecule has 0 aliphatic heterocycles. The quantitative estimate of drug-likeness (QED) is 0.686. The number of carboxylic acids is 2. The van der Waals surface area contributed by atoms with Crippen molar-refractivity contribution in [2.24, 2.45) is 5.73 Å². The number of fused-ring (bicyclic) bond motifs is 1. The number of methoxy groups -OCH3 is 1. The number of pyridine rings is 2. The number of carboxylic acid groups (broad SMARTS) is 2. The van der Waals surface area contributed by atoms with E-state index in [4.69, 9.17) is 20.7 Å². The molecule has 9 heteroatoms. The van der Waals surface area contributed by atoms with Gasteiger partial charge in [0.15, 0.2) is 0 Å². The fraction of sp³-hybridized carbons (Fsp3) is 0.0714. The molecule has 0 bridgehead atoms. The van der Waals surface area contributed by atoms with E-state index in [-0.39, 0.29) is 0 Å². The maximum absolute atomic E-state index is 11.1. The summed E-state index contributed by atoms with van der Waals surface area (Å²) in [4.78, 5) is 38.4. The first kappa shape index (κ1) is 17.6. The molecular weight excluding hydrogens is 306 g/mol. The smallest absolute Gasteiger partial charge is 0.328 e. The lowest BCUT2D eigenvalue weighted by atomic mass is 10.2. The number of rotatable bonds is 4. The zero-order valence-electron chi connectivity index (χ0n) is 12.0. The summed E-state index contributed by atoms with van der Waals surface area (Å²) >= 11 is 0. The highest BCUT2D eigenvalue weighted by molar-refractivity contribution is 6.03. The third-order valence-electron chi connectivity index (χ3n) is 2.40. The van der Waals surface area contributed by atoms with Crippen LogP contribution in [0.2, 0.25) is 0 Å². The Hall–Kier alpha value is -3.49. The van der Waals surface area contributed by atoms with Gasteiger partial charge in [-0.2, -0.15) is 0 Å². The number of nitrogens with zero attached hydrogens (tertiary/aromatic N) is 2. The minimum Gasteiger partial charge on any atom is -0.481 e. The van der Waals surface area contributed by atoms with E-state index < -0.39 is 17.8 Å². The molecule has 0 fully saturated rings. The number of hydrogen-bond donors (Lipinski definition) is 3. The van der Waals surface area contributed by atoms with E-state index in [2.05, 4.69) is 9.97 Å². The standard InChI is InChI=1S/C10H9N3O2.C4H4O4/c1-15-8-3-2-7-9(13-8)6(10(11)14)4-5-12-7;5-3(6)1-2-4(7)8/h2-5H,1H3,(H2,11,14);1-2H,(H,5,6)(H,7,8)/b;2-1+.